The molecule has 1 atom stereocenters. The highest BCUT2D eigenvalue weighted by molar-refractivity contribution is 7.15. The summed E-state index contributed by atoms with van der Waals surface area (Å²) in [7, 11) is 0. The second-order valence-electron chi connectivity index (χ2n) is 7.53. The van der Waals surface area contributed by atoms with Crippen molar-refractivity contribution in [3.05, 3.63) is 70.6 Å². The van der Waals surface area contributed by atoms with Crippen LogP contribution in [0.4, 0.5) is 0 Å². The number of amides is 1. The van der Waals surface area contributed by atoms with E-state index < -0.39 is 0 Å². The molecular weight excluding hydrogens is 380 g/mol. The number of aryl methyl sites for hydroxylation is 2. The SMILES string of the molecule is Cc1nc(C(=O)N2CCCC2c2nc3c(C)cccc3[nH]2)c(-c2ccccc2)s1. The summed E-state index contributed by atoms with van der Waals surface area (Å²) in [5.74, 6) is 0.862. The van der Waals surface area contributed by atoms with Crippen molar-refractivity contribution in [2.24, 2.45) is 0 Å². The molecule has 0 bridgehead atoms. The van der Waals surface area contributed by atoms with Gasteiger partial charge in [-0.05, 0) is 43.9 Å². The third-order valence-electron chi connectivity index (χ3n) is 5.53. The van der Waals surface area contributed by atoms with Crippen molar-refractivity contribution in [1.82, 2.24) is 19.9 Å². The Kier molecular flexibility index (Phi) is 4.43. The molecule has 2 aromatic carbocycles. The van der Waals surface area contributed by atoms with Crippen LogP contribution in [0.15, 0.2) is 48.5 Å². The van der Waals surface area contributed by atoms with Crippen LogP contribution in [0.5, 0.6) is 0 Å². The molecule has 1 saturated heterocycles. The first-order valence-electron chi connectivity index (χ1n) is 9.91. The third-order valence-corrected chi connectivity index (χ3v) is 6.55. The van der Waals surface area contributed by atoms with Crippen molar-refractivity contribution >= 4 is 28.3 Å². The third kappa shape index (κ3) is 3.13. The highest BCUT2D eigenvalue weighted by atomic mass is 32.1. The van der Waals surface area contributed by atoms with Gasteiger partial charge in [0.15, 0.2) is 0 Å². The lowest BCUT2D eigenvalue weighted by molar-refractivity contribution is 0.0726. The number of carbonyl (C=O) groups excluding carboxylic acids is 1. The van der Waals surface area contributed by atoms with E-state index in [1.807, 2.05) is 54.3 Å². The summed E-state index contributed by atoms with van der Waals surface area (Å²) in [6.45, 7) is 4.75. The van der Waals surface area contributed by atoms with Crippen LogP contribution in [0.2, 0.25) is 0 Å². The number of aromatic nitrogens is 3. The van der Waals surface area contributed by atoms with Crippen LogP contribution in [0.1, 0.15) is 45.8 Å². The summed E-state index contributed by atoms with van der Waals surface area (Å²) in [5.41, 5.74) is 4.74. The van der Waals surface area contributed by atoms with E-state index in [4.69, 9.17) is 4.98 Å². The molecule has 0 radical (unpaired) electrons. The molecule has 1 fully saturated rings. The molecule has 0 saturated carbocycles. The number of nitrogens with one attached hydrogen (secondary N) is 1. The van der Waals surface area contributed by atoms with Crippen LogP contribution in [0, 0.1) is 13.8 Å². The molecular formula is C23H22N4OS. The van der Waals surface area contributed by atoms with Gasteiger partial charge in [0.25, 0.3) is 5.91 Å². The van der Waals surface area contributed by atoms with Crippen molar-refractivity contribution in [2.45, 2.75) is 32.7 Å². The Bertz CT molecular complexity index is 1190. The number of nitrogens with zero attached hydrogens (tertiary/aromatic N) is 3. The second kappa shape index (κ2) is 7.12. The molecule has 0 spiro atoms. The van der Waals surface area contributed by atoms with Crippen molar-refractivity contribution in [3.8, 4) is 10.4 Å². The van der Waals surface area contributed by atoms with Crippen molar-refractivity contribution in [3.63, 3.8) is 0 Å². The molecule has 1 N–H and O–H groups in total. The first-order valence-corrected chi connectivity index (χ1v) is 10.7. The summed E-state index contributed by atoms with van der Waals surface area (Å²) in [5, 5.41) is 0.905. The molecule has 1 aliphatic heterocycles. The number of benzene rings is 2. The van der Waals surface area contributed by atoms with Crippen molar-refractivity contribution < 1.29 is 4.79 Å². The van der Waals surface area contributed by atoms with Gasteiger partial charge in [0, 0.05) is 6.54 Å². The zero-order chi connectivity index (χ0) is 20.0. The molecule has 1 aliphatic rings. The average Bonchev–Trinajstić information content (AvgIpc) is 3.46. The van der Waals surface area contributed by atoms with Gasteiger partial charge in [-0.3, -0.25) is 4.79 Å². The Morgan fingerprint density at radius 3 is 2.72 bits per heavy atom. The standard InChI is InChI=1S/C23H22N4OS/c1-14-8-6-11-17-19(14)26-22(25-17)18-12-7-13-27(18)23(28)20-21(29-15(2)24-20)16-9-4-3-5-10-16/h3-6,8-11,18H,7,12-13H2,1-2H3,(H,25,26). The number of likely N-dealkylation sites (tertiary alicyclic amines) is 1. The van der Waals surface area contributed by atoms with E-state index in [9.17, 15) is 4.79 Å². The summed E-state index contributed by atoms with van der Waals surface area (Å²) in [6.07, 6.45) is 1.88. The number of hydrogen-bond acceptors (Lipinski definition) is 4. The Morgan fingerprint density at radius 1 is 1.10 bits per heavy atom. The van der Waals surface area contributed by atoms with Gasteiger partial charge in [-0.2, -0.15) is 0 Å². The molecule has 146 valence electrons. The molecule has 2 aromatic heterocycles. The average molecular weight is 403 g/mol. The zero-order valence-corrected chi connectivity index (χ0v) is 17.3. The predicted molar refractivity (Wildman–Crippen MR) is 116 cm³/mol. The highest BCUT2D eigenvalue weighted by Gasteiger charge is 2.35. The van der Waals surface area contributed by atoms with E-state index in [-0.39, 0.29) is 11.9 Å². The molecule has 1 unspecified atom stereocenters. The first kappa shape index (κ1) is 18.1. The van der Waals surface area contributed by atoms with Crippen molar-refractivity contribution in [1.29, 1.82) is 0 Å². The monoisotopic (exact) mass is 402 g/mol. The largest absolute Gasteiger partial charge is 0.340 e. The predicted octanol–water partition coefficient (Wildman–Crippen LogP) is 5.28. The number of rotatable bonds is 3. The maximum absolute atomic E-state index is 13.5. The smallest absolute Gasteiger partial charge is 0.274 e. The Balaban J connectivity index is 1.52. The van der Waals surface area contributed by atoms with Crippen LogP contribution in [-0.2, 0) is 0 Å². The molecule has 1 amide bonds. The van der Waals surface area contributed by atoms with Crippen LogP contribution in [0.3, 0.4) is 0 Å². The minimum absolute atomic E-state index is 0.00659. The summed E-state index contributed by atoms with van der Waals surface area (Å²) >= 11 is 1.58. The number of thiazole rings is 1. The van der Waals surface area contributed by atoms with E-state index in [1.165, 1.54) is 0 Å². The maximum Gasteiger partial charge on any atom is 0.274 e. The number of aromatic amines is 1. The van der Waals surface area contributed by atoms with Gasteiger partial charge >= 0.3 is 0 Å². The van der Waals surface area contributed by atoms with E-state index in [0.29, 0.717) is 5.69 Å². The number of imidazole rings is 1. The van der Waals surface area contributed by atoms with E-state index in [0.717, 1.165) is 57.3 Å². The van der Waals surface area contributed by atoms with E-state index in [1.54, 1.807) is 11.3 Å². The molecule has 29 heavy (non-hydrogen) atoms. The topological polar surface area (TPSA) is 61.9 Å². The fraction of sp³-hybridized carbons (Fsp3) is 0.261. The Morgan fingerprint density at radius 2 is 1.93 bits per heavy atom. The Labute approximate surface area is 173 Å². The molecule has 5 rings (SSSR count). The summed E-state index contributed by atoms with van der Waals surface area (Å²) < 4.78 is 0. The van der Waals surface area contributed by atoms with Gasteiger partial charge in [-0.15, -0.1) is 11.3 Å². The zero-order valence-electron chi connectivity index (χ0n) is 16.5. The van der Waals surface area contributed by atoms with Gasteiger partial charge in [0.1, 0.15) is 11.5 Å². The van der Waals surface area contributed by atoms with Gasteiger partial charge in [-0.25, -0.2) is 9.97 Å². The van der Waals surface area contributed by atoms with Gasteiger partial charge in [-0.1, -0.05) is 42.5 Å². The molecule has 6 heteroatoms. The summed E-state index contributed by atoms with van der Waals surface area (Å²) in [6, 6.07) is 16.1. The maximum atomic E-state index is 13.5. The quantitative estimate of drug-likeness (QED) is 0.507. The molecule has 5 nitrogen and oxygen atoms in total. The van der Waals surface area contributed by atoms with Gasteiger partial charge in [0.2, 0.25) is 0 Å². The van der Waals surface area contributed by atoms with E-state index >= 15 is 0 Å². The summed E-state index contributed by atoms with van der Waals surface area (Å²) in [4.78, 5) is 29.3. The Hall–Kier alpha value is -2.99. The molecule has 0 aliphatic carbocycles. The van der Waals surface area contributed by atoms with Crippen LogP contribution in [-0.4, -0.2) is 32.3 Å². The highest BCUT2D eigenvalue weighted by Crippen LogP contribution is 2.36. The second-order valence-corrected chi connectivity index (χ2v) is 8.73. The van der Waals surface area contributed by atoms with Crippen LogP contribution < -0.4 is 0 Å². The normalized spacial score (nSPS) is 16.6. The lowest BCUT2D eigenvalue weighted by Crippen LogP contribution is -2.31. The lowest BCUT2D eigenvalue weighted by Gasteiger charge is -2.22. The molecule has 3 heterocycles. The number of hydrogen-bond donors (Lipinski definition) is 1. The van der Waals surface area contributed by atoms with Crippen LogP contribution in [0.25, 0.3) is 21.5 Å². The number of fused-ring (bicyclic) bond motifs is 1. The minimum Gasteiger partial charge on any atom is -0.340 e. The first-order chi connectivity index (χ1) is 14.1. The lowest BCUT2D eigenvalue weighted by atomic mass is 10.1. The van der Waals surface area contributed by atoms with Gasteiger partial charge < -0.3 is 9.88 Å². The number of para-hydroxylation sites is 1. The fourth-order valence-electron chi connectivity index (χ4n) is 4.14. The van der Waals surface area contributed by atoms with Crippen molar-refractivity contribution in [2.75, 3.05) is 6.54 Å². The van der Waals surface area contributed by atoms with E-state index in [2.05, 4.69) is 23.0 Å². The molecule has 4 aromatic rings. The minimum atomic E-state index is -0.0417. The fourth-order valence-corrected chi connectivity index (χ4v) is 5.06. The van der Waals surface area contributed by atoms with Crippen LogP contribution >= 0.6 is 11.3 Å². The number of H-pyrrole nitrogens is 1. The van der Waals surface area contributed by atoms with Gasteiger partial charge in [0.05, 0.1) is 27.0 Å². The number of carbonyl (C=O) groups is 1.